The summed E-state index contributed by atoms with van der Waals surface area (Å²) in [7, 11) is -4.18. The second kappa shape index (κ2) is 5.49. The minimum atomic E-state index is -4.18. The highest BCUT2D eigenvalue weighted by Gasteiger charge is 2.19. The molecule has 2 rings (SSSR count). The smallest absolute Gasteiger partial charge is 0.262 e. The van der Waals surface area contributed by atoms with Crippen LogP contribution >= 0.6 is 0 Å². The van der Waals surface area contributed by atoms with Gasteiger partial charge in [-0.25, -0.2) is 17.2 Å². The summed E-state index contributed by atoms with van der Waals surface area (Å²) in [5, 5.41) is 9.24. The van der Waals surface area contributed by atoms with Crippen LogP contribution in [0.15, 0.2) is 41.3 Å². The molecule has 0 bridgehead atoms. The third-order valence-corrected chi connectivity index (χ3v) is 3.96. The Morgan fingerprint density at radius 1 is 1.10 bits per heavy atom. The first kappa shape index (κ1) is 14.9. The lowest BCUT2D eigenvalue weighted by Gasteiger charge is -2.09. The van der Waals surface area contributed by atoms with Crippen LogP contribution in [0.2, 0.25) is 0 Å². The van der Waals surface area contributed by atoms with Crippen molar-refractivity contribution >= 4 is 22.0 Å². The summed E-state index contributed by atoms with van der Waals surface area (Å²) >= 11 is 0. The molecule has 21 heavy (non-hydrogen) atoms. The maximum Gasteiger partial charge on any atom is 0.262 e. The van der Waals surface area contributed by atoms with Gasteiger partial charge in [-0.2, -0.15) is 0 Å². The van der Waals surface area contributed by atoms with Crippen molar-refractivity contribution < 1.29 is 27.1 Å². The number of carbonyl (C=O) groups excluding carboxylic acids is 1. The Kier molecular flexibility index (Phi) is 3.90. The van der Waals surface area contributed by atoms with Crippen LogP contribution in [0.1, 0.15) is 10.4 Å². The van der Waals surface area contributed by atoms with Crippen LogP contribution in [0.5, 0.6) is 5.75 Å². The van der Waals surface area contributed by atoms with E-state index >= 15 is 0 Å². The number of aromatic hydroxyl groups is 1. The fourth-order valence-corrected chi connectivity index (χ4v) is 2.68. The molecule has 8 heteroatoms. The molecule has 0 spiro atoms. The number of hydrogen-bond acceptors (Lipinski definition) is 4. The van der Waals surface area contributed by atoms with Crippen molar-refractivity contribution in [3.8, 4) is 5.75 Å². The highest BCUT2D eigenvalue weighted by atomic mass is 32.2. The quantitative estimate of drug-likeness (QED) is 0.848. The van der Waals surface area contributed by atoms with E-state index in [0.717, 1.165) is 18.2 Å². The van der Waals surface area contributed by atoms with Crippen molar-refractivity contribution in [2.24, 2.45) is 0 Å². The Balaban J connectivity index is 2.42. The summed E-state index contributed by atoms with van der Waals surface area (Å²) in [5.41, 5.74) is -0.424. The highest BCUT2D eigenvalue weighted by Crippen LogP contribution is 2.25. The predicted octanol–water partition coefficient (Wildman–Crippen LogP) is 2.28. The molecular formula is C13H9F2NO4S. The Morgan fingerprint density at radius 3 is 2.29 bits per heavy atom. The fourth-order valence-electron chi connectivity index (χ4n) is 1.57. The molecule has 2 aromatic rings. The van der Waals surface area contributed by atoms with E-state index in [-0.39, 0.29) is 12.0 Å². The van der Waals surface area contributed by atoms with Gasteiger partial charge in [-0.3, -0.25) is 9.52 Å². The number of halogens is 2. The van der Waals surface area contributed by atoms with Gasteiger partial charge in [0, 0.05) is 5.69 Å². The number of hydrogen-bond donors (Lipinski definition) is 2. The number of phenols is 1. The van der Waals surface area contributed by atoms with Gasteiger partial charge in [-0.05, 0) is 36.4 Å². The lowest BCUT2D eigenvalue weighted by atomic mass is 10.2. The Morgan fingerprint density at radius 2 is 1.71 bits per heavy atom. The average molecular weight is 313 g/mol. The molecule has 0 aliphatic carbocycles. The van der Waals surface area contributed by atoms with Gasteiger partial charge < -0.3 is 5.11 Å². The topological polar surface area (TPSA) is 83.5 Å². The number of aldehydes is 1. The zero-order chi connectivity index (χ0) is 15.6. The van der Waals surface area contributed by atoms with Gasteiger partial charge in [0.15, 0.2) is 17.9 Å². The van der Waals surface area contributed by atoms with Gasteiger partial charge >= 0.3 is 0 Å². The molecule has 0 aliphatic heterocycles. The lowest BCUT2D eigenvalue weighted by molar-refractivity contribution is 0.112. The van der Waals surface area contributed by atoms with Gasteiger partial charge in [0.1, 0.15) is 5.82 Å². The van der Waals surface area contributed by atoms with E-state index in [2.05, 4.69) is 4.72 Å². The van der Waals surface area contributed by atoms with Gasteiger partial charge in [0.2, 0.25) is 0 Å². The number of carbonyl (C=O) groups is 1. The van der Waals surface area contributed by atoms with Crippen LogP contribution in [-0.4, -0.2) is 19.8 Å². The molecule has 5 nitrogen and oxygen atoms in total. The molecule has 0 saturated carbocycles. The van der Waals surface area contributed by atoms with Gasteiger partial charge in [0.05, 0.1) is 10.5 Å². The van der Waals surface area contributed by atoms with E-state index < -0.39 is 37.9 Å². The maximum atomic E-state index is 13.4. The molecule has 0 unspecified atom stereocenters. The Hall–Kier alpha value is -2.48. The number of rotatable bonds is 4. The number of benzene rings is 2. The summed E-state index contributed by atoms with van der Waals surface area (Å²) in [6.45, 7) is 0. The summed E-state index contributed by atoms with van der Waals surface area (Å²) in [6.07, 6.45) is 0.134. The predicted molar refractivity (Wildman–Crippen MR) is 70.7 cm³/mol. The van der Waals surface area contributed by atoms with Crippen LogP contribution in [-0.2, 0) is 10.0 Å². The first-order valence-corrected chi connectivity index (χ1v) is 7.08. The zero-order valence-corrected chi connectivity index (χ0v) is 11.2. The molecule has 0 radical (unpaired) electrons. The zero-order valence-electron chi connectivity index (χ0n) is 10.4. The number of anilines is 1. The molecule has 0 amide bonds. The summed E-state index contributed by atoms with van der Waals surface area (Å²) < 4.78 is 52.3. The second-order valence-electron chi connectivity index (χ2n) is 4.07. The normalized spacial score (nSPS) is 11.1. The molecular weight excluding hydrogens is 304 g/mol. The molecule has 0 aromatic heterocycles. The number of phenolic OH excluding ortho intramolecular Hbond substituents is 1. The average Bonchev–Trinajstić information content (AvgIpc) is 2.44. The SMILES string of the molecule is O=Cc1cc(S(=O)(=O)Nc2ccc(F)cc2)cc(F)c1O. The minimum absolute atomic E-state index is 0.0672. The van der Waals surface area contributed by atoms with E-state index in [1.54, 1.807) is 0 Å². The molecule has 0 aliphatic rings. The molecule has 110 valence electrons. The van der Waals surface area contributed by atoms with Crippen LogP contribution in [0.4, 0.5) is 14.5 Å². The lowest BCUT2D eigenvalue weighted by Crippen LogP contribution is -2.13. The minimum Gasteiger partial charge on any atom is -0.504 e. The molecule has 0 fully saturated rings. The van der Waals surface area contributed by atoms with E-state index in [1.165, 1.54) is 12.1 Å². The van der Waals surface area contributed by atoms with Crippen LogP contribution in [0, 0.1) is 11.6 Å². The van der Waals surface area contributed by atoms with E-state index in [0.29, 0.717) is 6.07 Å². The van der Waals surface area contributed by atoms with Gasteiger partial charge in [-0.1, -0.05) is 0 Å². The standard InChI is InChI=1S/C13H9F2NO4S/c14-9-1-3-10(4-2-9)16-21(19,20)11-5-8(7-17)13(18)12(15)6-11/h1-7,16,18H. The third kappa shape index (κ3) is 3.16. The summed E-state index contributed by atoms with van der Waals surface area (Å²) in [5.74, 6) is -2.71. The number of nitrogens with one attached hydrogen (secondary N) is 1. The van der Waals surface area contributed by atoms with Gasteiger partial charge in [-0.15, -0.1) is 0 Å². The Bertz CT molecular complexity index is 789. The van der Waals surface area contributed by atoms with Crippen molar-refractivity contribution in [3.63, 3.8) is 0 Å². The van der Waals surface area contributed by atoms with Crippen molar-refractivity contribution in [2.45, 2.75) is 4.90 Å². The van der Waals surface area contributed by atoms with Crippen molar-refractivity contribution in [3.05, 3.63) is 53.6 Å². The molecule has 0 saturated heterocycles. The monoisotopic (exact) mass is 313 g/mol. The van der Waals surface area contributed by atoms with E-state index in [9.17, 15) is 27.1 Å². The third-order valence-electron chi connectivity index (χ3n) is 2.60. The highest BCUT2D eigenvalue weighted by molar-refractivity contribution is 7.92. The second-order valence-corrected chi connectivity index (χ2v) is 5.76. The van der Waals surface area contributed by atoms with Crippen LogP contribution < -0.4 is 4.72 Å². The number of sulfonamides is 1. The maximum absolute atomic E-state index is 13.4. The molecule has 0 atom stereocenters. The molecule has 0 heterocycles. The molecule has 2 aromatic carbocycles. The molecule has 2 N–H and O–H groups in total. The largest absolute Gasteiger partial charge is 0.504 e. The van der Waals surface area contributed by atoms with Crippen molar-refractivity contribution in [2.75, 3.05) is 4.72 Å². The first-order valence-electron chi connectivity index (χ1n) is 5.59. The van der Waals surface area contributed by atoms with Gasteiger partial charge in [0.25, 0.3) is 10.0 Å². The Labute approximate surface area is 118 Å². The van der Waals surface area contributed by atoms with E-state index in [1.807, 2.05) is 0 Å². The fraction of sp³-hybridized carbons (Fsp3) is 0. The van der Waals surface area contributed by atoms with Crippen LogP contribution in [0.25, 0.3) is 0 Å². The van der Waals surface area contributed by atoms with E-state index in [4.69, 9.17) is 0 Å². The van der Waals surface area contributed by atoms with Crippen molar-refractivity contribution in [1.29, 1.82) is 0 Å². The summed E-state index contributed by atoms with van der Waals surface area (Å²) in [6, 6.07) is 5.87. The summed E-state index contributed by atoms with van der Waals surface area (Å²) in [4.78, 5) is 10.1. The first-order chi connectivity index (χ1) is 9.83. The van der Waals surface area contributed by atoms with Crippen molar-refractivity contribution in [1.82, 2.24) is 0 Å². The van der Waals surface area contributed by atoms with Crippen LogP contribution in [0.3, 0.4) is 0 Å².